The average Bonchev–Trinajstić information content (AvgIpc) is 3.09. The summed E-state index contributed by atoms with van der Waals surface area (Å²) in [7, 11) is 0. The van der Waals surface area contributed by atoms with Gasteiger partial charge in [0.15, 0.2) is 0 Å². The van der Waals surface area contributed by atoms with Gasteiger partial charge >= 0.3 is 0 Å². The van der Waals surface area contributed by atoms with Gasteiger partial charge in [-0.15, -0.1) is 5.10 Å². The summed E-state index contributed by atoms with van der Waals surface area (Å²) in [5.74, 6) is 0.433. The lowest BCUT2D eigenvalue weighted by Gasteiger charge is -2.11. The molecule has 0 aliphatic rings. The zero-order valence-electron chi connectivity index (χ0n) is 15.2. The number of nitrogens with one attached hydrogen (secondary N) is 1. The van der Waals surface area contributed by atoms with Gasteiger partial charge in [0.05, 0.1) is 17.6 Å². The van der Waals surface area contributed by atoms with Gasteiger partial charge in [-0.25, -0.2) is 9.50 Å². The number of fused-ring (bicyclic) bond motifs is 2. The summed E-state index contributed by atoms with van der Waals surface area (Å²) in [6.07, 6.45) is 3.85. The van der Waals surface area contributed by atoms with Crippen molar-refractivity contribution in [2.45, 2.75) is 25.4 Å². The molecule has 0 saturated carbocycles. The van der Waals surface area contributed by atoms with Gasteiger partial charge in [-0.2, -0.15) is 4.98 Å². The SMILES string of the molecule is CSc1nc2nc(C)c(CC(=O)Nc3cccc4cccnc34)c(C)n2n1. The lowest BCUT2D eigenvalue weighted by Crippen LogP contribution is -2.18. The average molecular weight is 378 g/mol. The monoisotopic (exact) mass is 378 g/mol. The predicted molar refractivity (Wildman–Crippen MR) is 106 cm³/mol. The fourth-order valence-electron chi connectivity index (χ4n) is 3.09. The highest BCUT2D eigenvalue weighted by atomic mass is 32.2. The molecule has 1 N–H and O–H groups in total. The molecule has 0 atom stereocenters. The maximum atomic E-state index is 12.7. The van der Waals surface area contributed by atoms with E-state index < -0.39 is 0 Å². The highest BCUT2D eigenvalue weighted by Crippen LogP contribution is 2.22. The molecular weight excluding hydrogens is 360 g/mol. The Labute approximate surface area is 160 Å². The van der Waals surface area contributed by atoms with Gasteiger partial charge in [0.2, 0.25) is 11.1 Å². The molecule has 136 valence electrons. The Kier molecular flexibility index (Phi) is 4.49. The van der Waals surface area contributed by atoms with E-state index in [1.807, 2.05) is 50.4 Å². The van der Waals surface area contributed by atoms with Gasteiger partial charge in [0.25, 0.3) is 5.78 Å². The molecule has 0 bridgehead atoms. The molecule has 8 heteroatoms. The van der Waals surface area contributed by atoms with Crippen LogP contribution in [-0.4, -0.2) is 36.7 Å². The number of hydrogen-bond donors (Lipinski definition) is 1. The Morgan fingerprint density at radius 1 is 1.19 bits per heavy atom. The molecular formula is C19H18N6OS. The summed E-state index contributed by atoms with van der Waals surface area (Å²) in [5, 5.41) is 9.05. The number of hydrogen-bond acceptors (Lipinski definition) is 6. The smallest absolute Gasteiger partial charge is 0.253 e. The second-order valence-electron chi connectivity index (χ2n) is 6.18. The molecule has 0 fully saturated rings. The van der Waals surface area contributed by atoms with Crippen LogP contribution in [0, 0.1) is 13.8 Å². The summed E-state index contributed by atoms with van der Waals surface area (Å²) in [5.41, 5.74) is 3.98. The minimum atomic E-state index is -0.120. The number of nitrogens with zero attached hydrogens (tertiary/aromatic N) is 5. The van der Waals surface area contributed by atoms with E-state index in [1.54, 1.807) is 10.7 Å². The number of amides is 1. The zero-order valence-corrected chi connectivity index (χ0v) is 16.0. The van der Waals surface area contributed by atoms with Crippen LogP contribution in [0.15, 0.2) is 41.7 Å². The third-order valence-corrected chi connectivity index (χ3v) is 4.99. The van der Waals surface area contributed by atoms with Crippen molar-refractivity contribution < 1.29 is 4.79 Å². The first-order valence-corrected chi connectivity index (χ1v) is 9.69. The van der Waals surface area contributed by atoms with Crippen LogP contribution in [0.3, 0.4) is 0 Å². The molecule has 4 aromatic rings. The number of pyridine rings is 1. The van der Waals surface area contributed by atoms with Crippen LogP contribution in [0.2, 0.25) is 0 Å². The minimum absolute atomic E-state index is 0.120. The molecule has 4 rings (SSSR count). The van der Waals surface area contributed by atoms with Crippen molar-refractivity contribution >= 4 is 40.0 Å². The minimum Gasteiger partial charge on any atom is -0.324 e. The number of thioether (sulfide) groups is 1. The van der Waals surface area contributed by atoms with E-state index >= 15 is 0 Å². The van der Waals surface area contributed by atoms with Gasteiger partial charge in [-0.05, 0) is 32.2 Å². The van der Waals surface area contributed by atoms with Gasteiger partial charge in [-0.1, -0.05) is 30.0 Å². The summed E-state index contributed by atoms with van der Waals surface area (Å²) in [4.78, 5) is 26.0. The van der Waals surface area contributed by atoms with E-state index in [1.165, 1.54) is 11.8 Å². The Morgan fingerprint density at radius 2 is 2.00 bits per heavy atom. The Bertz CT molecular complexity index is 1160. The van der Waals surface area contributed by atoms with Crippen molar-refractivity contribution in [1.82, 2.24) is 24.6 Å². The first kappa shape index (κ1) is 17.4. The van der Waals surface area contributed by atoms with Crippen molar-refractivity contribution in [2.24, 2.45) is 0 Å². The van der Waals surface area contributed by atoms with Crippen LogP contribution in [-0.2, 0) is 11.2 Å². The summed E-state index contributed by atoms with van der Waals surface area (Å²) < 4.78 is 1.70. The molecule has 0 unspecified atom stereocenters. The molecule has 1 aromatic carbocycles. The van der Waals surface area contributed by atoms with Gasteiger partial charge < -0.3 is 5.32 Å². The van der Waals surface area contributed by atoms with E-state index in [2.05, 4.69) is 25.4 Å². The second kappa shape index (κ2) is 6.96. The Hall–Kier alpha value is -3.00. The molecule has 3 heterocycles. The Balaban J connectivity index is 1.64. The molecule has 7 nitrogen and oxygen atoms in total. The number of para-hydroxylation sites is 1. The van der Waals surface area contributed by atoms with Crippen LogP contribution in [0.1, 0.15) is 17.0 Å². The number of carbonyl (C=O) groups excluding carboxylic acids is 1. The van der Waals surface area contributed by atoms with Crippen molar-refractivity contribution in [3.05, 3.63) is 53.5 Å². The molecule has 27 heavy (non-hydrogen) atoms. The highest BCUT2D eigenvalue weighted by molar-refractivity contribution is 7.98. The Morgan fingerprint density at radius 3 is 2.81 bits per heavy atom. The topological polar surface area (TPSA) is 85.1 Å². The maximum absolute atomic E-state index is 12.7. The van der Waals surface area contributed by atoms with Crippen molar-refractivity contribution in [3.63, 3.8) is 0 Å². The number of anilines is 1. The summed E-state index contributed by atoms with van der Waals surface area (Å²) in [6, 6.07) is 9.58. The lowest BCUT2D eigenvalue weighted by molar-refractivity contribution is -0.115. The fourth-order valence-corrected chi connectivity index (χ4v) is 3.43. The predicted octanol–water partition coefficient (Wildman–Crippen LogP) is 3.19. The molecule has 0 aliphatic carbocycles. The highest BCUT2D eigenvalue weighted by Gasteiger charge is 2.16. The van der Waals surface area contributed by atoms with Gasteiger partial charge in [0.1, 0.15) is 0 Å². The third kappa shape index (κ3) is 3.23. The van der Waals surface area contributed by atoms with E-state index in [-0.39, 0.29) is 12.3 Å². The number of aryl methyl sites for hydroxylation is 2. The maximum Gasteiger partial charge on any atom is 0.253 e. The van der Waals surface area contributed by atoms with Crippen molar-refractivity contribution in [1.29, 1.82) is 0 Å². The molecule has 3 aromatic heterocycles. The van der Waals surface area contributed by atoms with Crippen molar-refractivity contribution in [2.75, 3.05) is 11.6 Å². The number of carbonyl (C=O) groups is 1. The molecule has 1 amide bonds. The van der Waals surface area contributed by atoms with Gasteiger partial charge in [0, 0.05) is 28.5 Å². The lowest BCUT2D eigenvalue weighted by atomic mass is 10.1. The van der Waals surface area contributed by atoms with E-state index in [4.69, 9.17) is 0 Å². The van der Waals surface area contributed by atoms with E-state index in [0.29, 0.717) is 16.6 Å². The van der Waals surface area contributed by atoms with E-state index in [0.717, 1.165) is 27.9 Å². The quantitative estimate of drug-likeness (QED) is 0.549. The standard InChI is InChI=1S/C19H18N6OS/c1-11-14(12(2)25-18(21-11)23-19(24-25)27-3)10-16(26)22-15-8-4-6-13-7-5-9-20-17(13)15/h4-9H,10H2,1-3H3,(H,22,26). The first-order valence-electron chi connectivity index (χ1n) is 8.47. The van der Waals surface area contributed by atoms with Crippen molar-refractivity contribution in [3.8, 4) is 0 Å². The number of benzene rings is 1. The molecule has 0 spiro atoms. The van der Waals surface area contributed by atoms with E-state index in [9.17, 15) is 4.79 Å². The molecule has 0 saturated heterocycles. The van der Waals surface area contributed by atoms with Crippen LogP contribution < -0.4 is 5.32 Å². The third-order valence-electron chi connectivity index (χ3n) is 4.46. The number of aromatic nitrogens is 5. The summed E-state index contributed by atoms with van der Waals surface area (Å²) >= 11 is 1.46. The number of rotatable bonds is 4. The molecule has 0 aliphatic heterocycles. The zero-order chi connectivity index (χ0) is 19.0. The van der Waals surface area contributed by atoms with Crippen LogP contribution in [0.25, 0.3) is 16.7 Å². The fraction of sp³-hybridized carbons (Fsp3) is 0.211. The largest absolute Gasteiger partial charge is 0.324 e. The second-order valence-corrected chi connectivity index (χ2v) is 6.95. The van der Waals surface area contributed by atoms with Crippen LogP contribution in [0.5, 0.6) is 0 Å². The summed E-state index contributed by atoms with van der Waals surface area (Å²) in [6.45, 7) is 3.82. The van der Waals surface area contributed by atoms with Crippen LogP contribution in [0.4, 0.5) is 5.69 Å². The molecule has 0 radical (unpaired) electrons. The first-order chi connectivity index (χ1) is 13.1. The normalized spacial score (nSPS) is 11.2. The van der Waals surface area contributed by atoms with Gasteiger partial charge in [-0.3, -0.25) is 9.78 Å². The van der Waals surface area contributed by atoms with Crippen LogP contribution >= 0.6 is 11.8 Å².